The van der Waals surface area contributed by atoms with Crippen molar-refractivity contribution in [2.75, 3.05) is 0 Å². The lowest BCUT2D eigenvalue weighted by Crippen LogP contribution is -2.40. The van der Waals surface area contributed by atoms with Crippen molar-refractivity contribution in [2.45, 2.75) is 46.2 Å². The molecule has 30 heavy (non-hydrogen) atoms. The van der Waals surface area contributed by atoms with Gasteiger partial charge in [0.1, 0.15) is 17.2 Å². The van der Waals surface area contributed by atoms with Crippen molar-refractivity contribution in [3.63, 3.8) is 0 Å². The van der Waals surface area contributed by atoms with E-state index in [-0.39, 0.29) is 29.0 Å². The minimum Gasteiger partial charge on any atom is -0.332 e. The minimum atomic E-state index is -0.387. The summed E-state index contributed by atoms with van der Waals surface area (Å²) < 4.78 is 16.9. The average Bonchev–Trinajstić information content (AvgIpc) is 3.37. The molecule has 2 N–H and O–H groups in total. The number of hydrogen-bond acceptors (Lipinski definition) is 4. The van der Waals surface area contributed by atoms with E-state index in [4.69, 9.17) is 0 Å². The van der Waals surface area contributed by atoms with Gasteiger partial charge in [-0.2, -0.15) is 5.10 Å². The van der Waals surface area contributed by atoms with Crippen molar-refractivity contribution in [1.82, 2.24) is 29.3 Å². The zero-order chi connectivity index (χ0) is 21.3. The van der Waals surface area contributed by atoms with Gasteiger partial charge in [-0.15, -0.1) is 0 Å². The fourth-order valence-electron chi connectivity index (χ4n) is 3.62. The summed E-state index contributed by atoms with van der Waals surface area (Å²) in [5.41, 5.74) is 1.60. The first kappa shape index (κ1) is 19.8. The highest BCUT2D eigenvalue weighted by molar-refractivity contribution is 5.76. The van der Waals surface area contributed by atoms with Gasteiger partial charge in [0.15, 0.2) is 5.65 Å². The van der Waals surface area contributed by atoms with Crippen molar-refractivity contribution < 1.29 is 4.39 Å². The molecular formula is C21H23FN6O2. The van der Waals surface area contributed by atoms with E-state index < -0.39 is 0 Å². The van der Waals surface area contributed by atoms with Gasteiger partial charge in [0.05, 0.1) is 11.3 Å². The second-order valence-corrected chi connectivity index (χ2v) is 7.19. The Morgan fingerprint density at radius 1 is 1.07 bits per heavy atom. The molecule has 0 radical (unpaired) electrons. The third-order valence-corrected chi connectivity index (χ3v) is 5.05. The maximum Gasteiger partial charge on any atom is 0.332 e. The van der Waals surface area contributed by atoms with Crippen LogP contribution in [0, 0.1) is 5.82 Å². The quantitative estimate of drug-likeness (QED) is 0.489. The number of fused-ring (bicyclic) bond motifs is 1. The smallest absolute Gasteiger partial charge is 0.332 e. The summed E-state index contributed by atoms with van der Waals surface area (Å²) in [5, 5.41) is 7.04. The Morgan fingerprint density at radius 3 is 2.53 bits per heavy atom. The highest BCUT2D eigenvalue weighted by Gasteiger charge is 2.20. The molecular weight excluding hydrogens is 387 g/mol. The monoisotopic (exact) mass is 410 g/mol. The molecule has 0 atom stereocenters. The number of H-pyrrole nitrogens is 2. The number of aromatic nitrogens is 6. The van der Waals surface area contributed by atoms with E-state index in [0.717, 1.165) is 6.42 Å². The number of aromatic amines is 2. The first-order valence-electron chi connectivity index (χ1n) is 10.0. The van der Waals surface area contributed by atoms with Gasteiger partial charge >= 0.3 is 5.69 Å². The summed E-state index contributed by atoms with van der Waals surface area (Å²) in [6.07, 6.45) is 3.32. The average molecular weight is 410 g/mol. The van der Waals surface area contributed by atoms with E-state index in [1.807, 2.05) is 13.8 Å². The lowest BCUT2D eigenvalue weighted by molar-refractivity contribution is 0.555. The molecule has 0 fully saturated rings. The van der Waals surface area contributed by atoms with Gasteiger partial charge in [-0.3, -0.25) is 19.0 Å². The lowest BCUT2D eigenvalue weighted by atomic mass is 10.1. The van der Waals surface area contributed by atoms with Crippen LogP contribution < -0.4 is 11.2 Å². The molecule has 8 nitrogen and oxygen atoms in total. The second kappa shape index (κ2) is 8.10. The van der Waals surface area contributed by atoms with E-state index in [0.29, 0.717) is 47.8 Å². The van der Waals surface area contributed by atoms with E-state index >= 15 is 0 Å². The highest BCUT2D eigenvalue weighted by Crippen LogP contribution is 2.24. The summed E-state index contributed by atoms with van der Waals surface area (Å²) in [6, 6.07) is 6.51. The predicted molar refractivity (Wildman–Crippen MR) is 112 cm³/mol. The van der Waals surface area contributed by atoms with Crippen LogP contribution >= 0.6 is 0 Å². The third kappa shape index (κ3) is 3.36. The predicted octanol–water partition coefficient (Wildman–Crippen LogP) is 2.83. The van der Waals surface area contributed by atoms with Crippen molar-refractivity contribution in [2.24, 2.45) is 0 Å². The molecule has 0 spiro atoms. The van der Waals surface area contributed by atoms with Gasteiger partial charge in [0.25, 0.3) is 5.56 Å². The molecule has 4 rings (SSSR count). The van der Waals surface area contributed by atoms with Crippen LogP contribution in [0.4, 0.5) is 4.39 Å². The SMILES string of the molecule is CCCn1c(=O)c2[nH]c(-c3c[nH]nc3Cc3ccccc3F)nc2n(CCC)c1=O. The molecule has 0 bridgehead atoms. The first-order valence-corrected chi connectivity index (χ1v) is 10.0. The van der Waals surface area contributed by atoms with Crippen LogP contribution in [0.15, 0.2) is 40.1 Å². The number of rotatable bonds is 7. The van der Waals surface area contributed by atoms with Gasteiger partial charge in [-0.05, 0) is 24.5 Å². The minimum absolute atomic E-state index is 0.268. The lowest BCUT2D eigenvalue weighted by Gasteiger charge is -2.09. The van der Waals surface area contributed by atoms with Crippen molar-refractivity contribution in [3.8, 4) is 11.4 Å². The van der Waals surface area contributed by atoms with Gasteiger partial charge in [0, 0.05) is 25.7 Å². The summed E-state index contributed by atoms with van der Waals surface area (Å²) in [6.45, 7) is 4.68. The number of hydrogen-bond donors (Lipinski definition) is 2. The Hall–Kier alpha value is -3.49. The fourth-order valence-corrected chi connectivity index (χ4v) is 3.62. The van der Waals surface area contributed by atoms with Crippen LogP contribution in [0.1, 0.15) is 37.9 Å². The number of benzene rings is 1. The van der Waals surface area contributed by atoms with Crippen LogP contribution in [0.25, 0.3) is 22.6 Å². The Bertz CT molecular complexity index is 1310. The zero-order valence-corrected chi connectivity index (χ0v) is 16.9. The molecule has 0 unspecified atom stereocenters. The van der Waals surface area contributed by atoms with Crippen molar-refractivity contribution in [3.05, 3.63) is 68.4 Å². The summed E-state index contributed by atoms with van der Waals surface area (Å²) >= 11 is 0. The summed E-state index contributed by atoms with van der Waals surface area (Å²) in [5.74, 6) is 0.107. The normalized spacial score (nSPS) is 11.4. The van der Waals surface area contributed by atoms with Gasteiger partial charge in [0.2, 0.25) is 0 Å². The molecule has 1 aromatic carbocycles. The Kier molecular flexibility index (Phi) is 5.35. The maximum atomic E-state index is 14.1. The molecule has 3 aromatic heterocycles. The molecule has 0 saturated carbocycles. The van der Waals surface area contributed by atoms with Crippen molar-refractivity contribution >= 4 is 11.2 Å². The van der Waals surface area contributed by atoms with Crippen LogP contribution in [-0.4, -0.2) is 29.3 Å². The molecule has 156 valence electrons. The fraction of sp³-hybridized carbons (Fsp3) is 0.333. The highest BCUT2D eigenvalue weighted by atomic mass is 19.1. The number of nitrogens with one attached hydrogen (secondary N) is 2. The summed E-state index contributed by atoms with van der Waals surface area (Å²) in [7, 11) is 0. The van der Waals surface area contributed by atoms with Gasteiger partial charge in [-0.1, -0.05) is 32.0 Å². The standard InChI is InChI=1S/C21H23FN6O2/c1-3-9-27-19-17(20(29)28(10-4-2)21(27)30)24-18(25-19)14-12-23-26-16(14)11-13-7-5-6-8-15(13)22/h5-8,12H,3-4,9-11H2,1-2H3,(H,23,26)(H,24,25). The van der Waals surface area contributed by atoms with E-state index in [1.54, 1.807) is 24.4 Å². The van der Waals surface area contributed by atoms with Crippen LogP contribution in [0.5, 0.6) is 0 Å². The zero-order valence-electron chi connectivity index (χ0n) is 16.9. The Morgan fingerprint density at radius 2 is 1.80 bits per heavy atom. The van der Waals surface area contributed by atoms with E-state index in [2.05, 4.69) is 20.2 Å². The van der Waals surface area contributed by atoms with Gasteiger partial charge in [-0.25, -0.2) is 14.2 Å². The number of imidazole rings is 1. The van der Waals surface area contributed by atoms with E-state index in [1.165, 1.54) is 15.2 Å². The molecule has 0 aliphatic carbocycles. The third-order valence-electron chi connectivity index (χ3n) is 5.05. The Labute approximate surface area is 171 Å². The Balaban J connectivity index is 1.86. The molecule has 0 saturated heterocycles. The molecule has 0 aliphatic rings. The number of nitrogens with zero attached hydrogens (tertiary/aromatic N) is 4. The second-order valence-electron chi connectivity index (χ2n) is 7.19. The van der Waals surface area contributed by atoms with E-state index in [9.17, 15) is 14.0 Å². The molecule has 9 heteroatoms. The van der Waals surface area contributed by atoms with Crippen molar-refractivity contribution in [1.29, 1.82) is 0 Å². The molecule has 3 heterocycles. The van der Waals surface area contributed by atoms with Crippen LogP contribution in [0.3, 0.4) is 0 Å². The topological polar surface area (TPSA) is 101 Å². The first-order chi connectivity index (χ1) is 14.5. The summed E-state index contributed by atoms with van der Waals surface area (Å²) in [4.78, 5) is 33.4. The molecule has 0 amide bonds. The number of aryl methyl sites for hydroxylation is 1. The maximum absolute atomic E-state index is 14.1. The largest absolute Gasteiger partial charge is 0.332 e. The van der Waals surface area contributed by atoms with Crippen LogP contribution in [0.2, 0.25) is 0 Å². The molecule has 0 aliphatic heterocycles. The van der Waals surface area contributed by atoms with Crippen LogP contribution in [-0.2, 0) is 19.5 Å². The number of halogens is 1. The van der Waals surface area contributed by atoms with Gasteiger partial charge < -0.3 is 4.98 Å². The molecule has 4 aromatic rings.